The van der Waals surface area contributed by atoms with Gasteiger partial charge in [0.15, 0.2) is 0 Å². The molecule has 3 nitrogen and oxygen atoms in total. The molecule has 4 heteroatoms. The Morgan fingerprint density at radius 3 is 2.94 bits per heavy atom. The van der Waals surface area contributed by atoms with Crippen molar-refractivity contribution in [3.8, 4) is 0 Å². The third-order valence-corrected chi connectivity index (χ3v) is 2.67. The van der Waals surface area contributed by atoms with Crippen LogP contribution < -0.4 is 10.6 Å². The lowest BCUT2D eigenvalue weighted by Crippen LogP contribution is -2.29. The van der Waals surface area contributed by atoms with E-state index in [1.54, 1.807) is 19.1 Å². The molecule has 0 aromatic heterocycles. The van der Waals surface area contributed by atoms with E-state index in [0.29, 0.717) is 23.8 Å². The zero-order chi connectivity index (χ0) is 11.5. The van der Waals surface area contributed by atoms with Crippen LogP contribution in [0.3, 0.4) is 0 Å². The minimum absolute atomic E-state index is 0.124. The normalized spacial score (nSPS) is 14.9. The average molecular weight is 222 g/mol. The molecule has 0 unspecified atom stereocenters. The summed E-state index contributed by atoms with van der Waals surface area (Å²) < 4.78 is 13.2. The average Bonchev–Trinajstić information content (AvgIpc) is 3.06. The number of anilines is 1. The second-order valence-electron chi connectivity index (χ2n) is 4.12. The summed E-state index contributed by atoms with van der Waals surface area (Å²) in [6.45, 7) is 1.94. The number of hydrogen-bond donors (Lipinski definition) is 2. The Kier molecular flexibility index (Phi) is 3.19. The van der Waals surface area contributed by atoms with Crippen LogP contribution in [-0.4, -0.2) is 18.5 Å². The fourth-order valence-corrected chi connectivity index (χ4v) is 1.46. The molecule has 0 spiro atoms. The Labute approximate surface area is 94.0 Å². The molecule has 1 saturated carbocycles. The maximum atomic E-state index is 13.2. The van der Waals surface area contributed by atoms with Crippen molar-refractivity contribution in [2.45, 2.75) is 25.8 Å². The summed E-state index contributed by atoms with van der Waals surface area (Å²) in [6, 6.07) is 5.17. The van der Waals surface area contributed by atoms with E-state index in [2.05, 4.69) is 10.6 Å². The quantitative estimate of drug-likeness (QED) is 0.816. The van der Waals surface area contributed by atoms with Crippen molar-refractivity contribution in [2.24, 2.45) is 0 Å². The molecule has 1 amide bonds. The second-order valence-corrected chi connectivity index (χ2v) is 4.12. The summed E-state index contributed by atoms with van der Waals surface area (Å²) in [5.41, 5.74) is 1.02. The number of nitrogens with one attached hydrogen (secondary N) is 2. The van der Waals surface area contributed by atoms with Crippen molar-refractivity contribution in [3.63, 3.8) is 0 Å². The summed E-state index contributed by atoms with van der Waals surface area (Å²) in [6.07, 6.45) is 2.29. The highest BCUT2D eigenvalue weighted by Crippen LogP contribution is 2.19. The van der Waals surface area contributed by atoms with Crippen LogP contribution in [-0.2, 0) is 4.79 Å². The van der Waals surface area contributed by atoms with Crippen LogP contribution in [0.25, 0.3) is 0 Å². The van der Waals surface area contributed by atoms with Crippen LogP contribution in [0.5, 0.6) is 0 Å². The lowest BCUT2D eigenvalue weighted by molar-refractivity contribution is -0.115. The third-order valence-electron chi connectivity index (χ3n) is 2.67. The highest BCUT2D eigenvalue weighted by Gasteiger charge is 2.21. The molecule has 1 aromatic rings. The van der Waals surface area contributed by atoms with Crippen LogP contribution in [0.2, 0.25) is 0 Å². The SMILES string of the molecule is Cc1c(F)cccc1NC(=O)CNC1CC1. The molecule has 0 saturated heterocycles. The number of carbonyl (C=O) groups excluding carboxylic acids is 1. The maximum absolute atomic E-state index is 13.2. The first-order valence-electron chi connectivity index (χ1n) is 5.45. The van der Waals surface area contributed by atoms with Gasteiger partial charge in [-0.05, 0) is 31.9 Å². The molecule has 2 rings (SSSR count). The summed E-state index contributed by atoms with van der Waals surface area (Å²) >= 11 is 0. The zero-order valence-electron chi connectivity index (χ0n) is 9.22. The first-order chi connectivity index (χ1) is 7.66. The van der Waals surface area contributed by atoms with Gasteiger partial charge in [0.05, 0.1) is 6.54 Å². The van der Waals surface area contributed by atoms with E-state index in [0.717, 1.165) is 12.8 Å². The van der Waals surface area contributed by atoms with Crippen LogP contribution in [0, 0.1) is 12.7 Å². The highest BCUT2D eigenvalue weighted by atomic mass is 19.1. The maximum Gasteiger partial charge on any atom is 0.238 e. The molecule has 0 radical (unpaired) electrons. The molecule has 1 aromatic carbocycles. The van der Waals surface area contributed by atoms with Gasteiger partial charge in [0.2, 0.25) is 5.91 Å². The Morgan fingerprint density at radius 1 is 1.50 bits per heavy atom. The second kappa shape index (κ2) is 4.61. The molecule has 0 heterocycles. The van der Waals surface area contributed by atoms with Gasteiger partial charge in [-0.25, -0.2) is 4.39 Å². The molecular formula is C12H15FN2O. The lowest BCUT2D eigenvalue weighted by Gasteiger charge is -2.09. The van der Waals surface area contributed by atoms with E-state index in [9.17, 15) is 9.18 Å². The molecule has 16 heavy (non-hydrogen) atoms. The lowest BCUT2D eigenvalue weighted by atomic mass is 10.2. The minimum atomic E-state index is -0.298. The van der Waals surface area contributed by atoms with E-state index in [4.69, 9.17) is 0 Å². The van der Waals surface area contributed by atoms with E-state index >= 15 is 0 Å². The molecule has 86 valence electrons. The fraction of sp³-hybridized carbons (Fsp3) is 0.417. The Bertz CT molecular complexity index is 402. The molecule has 0 atom stereocenters. The van der Waals surface area contributed by atoms with Gasteiger partial charge in [-0.3, -0.25) is 4.79 Å². The van der Waals surface area contributed by atoms with E-state index in [1.165, 1.54) is 6.07 Å². The smallest absolute Gasteiger partial charge is 0.238 e. The molecule has 1 aliphatic carbocycles. The third kappa shape index (κ3) is 2.79. The van der Waals surface area contributed by atoms with Crippen LogP contribution in [0.15, 0.2) is 18.2 Å². The Morgan fingerprint density at radius 2 is 2.25 bits per heavy atom. The van der Waals surface area contributed by atoms with Gasteiger partial charge in [-0.15, -0.1) is 0 Å². The van der Waals surface area contributed by atoms with E-state index in [-0.39, 0.29) is 11.7 Å². The molecule has 2 N–H and O–H groups in total. The number of rotatable bonds is 4. The highest BCUT2D eigenvalue weighted by molar-refractivity contribution is 5.93. The summed E-state index contributed by atoms with van der Waals surface area (Å²) in [5, 5.41) is 5.80. The first kappa shape index (κ1) is 11.1. The van der Waals surface area contributed by atoms with Crippen molar-refractivity contribution in [2.75, 3.05) is 11.9 Å². The monoisotopic (exact) mass is 222 g/mol. The van der Waals surface area contributed by atoms with Gasteiger partial charge in [0, 0.05) is 17.3 Å². The van der Waals surface area contributed by atoms with E-state index in [1.807, 2.05) is 0 Å². The minimum Gasteiger partial charge on any atom is -0.325 e. The Balaban J connectivity index is 1.91. The molecule has 0 aliphatic heterocycles. The summed E-state index contributed by atoms with van der Waals surface area (Å²) in [7, 11) is 0. The van der Waals surface area contributed by atoms with Crippen molar-refractivity contribution in [1.82, 2.24) is 5.32 Å². The molecule has 1 fully saturated rings. The number of amides is 1. The van der Waals surface area contributed by atoms with Crippen LogP contribution >= 0.6 is 0 Å². The van der Waals surface area contributed by atoms with Gasteiger partial charge in [0.25, 0.3) is 0 Å². The van der Waals surface area contributed by atoms with Crippen molar-refractivity contribution in [3.05, 3.63) is 29.6 Å². The van der Waals surface area contributed by atoms with Gasteiger partial charge >= 0.3 is 0 Å². The van der Waals surface area contributed by atoms with Crippen molar-refractivity contribution in [1.29, 1.82) is 0 Å². The predicted molar refractivity (Wildman–Crippen MR) is 60.8 cm³/mol. The topological polar surface area (TPSA) is 41.1 Å². The molecule has 1 aliphatic rings. The van der Waals surface area contributed by atoms with Crippen LogP contribution in [0.1, 0.15) is 18.4 Å². The van der Waals surface area contributed by atoms with Crippen molar-refractivity contribution >= 4 is 11.6 Å². The number of halogens is 1. The largest absolute Gasteiger partial charge is 0.325 e. The summed E-state index contributed by atoms with van der Waals surface area (Å²) in [4.78, 5) is 11.5. The fourth-order valence-electron chi connectivity index (χ4n) is 1.46. The van der Waals surface area contributed by atoms with Gasteiger partial charge in [-0.1, -0.05) is 6.07 Å². The first-order valence-corrected chi connectivity index (χ1v) is 5.45. The molecule has 0 bridgehead atoms. The van der Waals surface area contributed by atoms with Crippen molar-refractivity contribution < 1.29 is 9.18 Å². The predicted octanol–water partition coefficient (Wildman–Crippen LogP) is 1.82. The molecular weight excluding hydrogens is 207 g/mol. The van der Waals surface area contributed by atoms with Crippen LogP contribution in [0.4, 0.5) is 10.1 Å². The number of benzene rings is 1. The number of hydrogen-bond acceptors (Lipinski definition) is 2. The van der Waals surface area contributed by atoms with E-state index < -0.39 is 0 Å². The van der Waals surface area contributed by atoms with Gasteiger partial charge in [0.1, 0.15) is 5.82 Å². The standard InChI is InChI=1S/C12H15FN2O/c1-8-10(13)3-2-4-11(8)15-12(16)7-14-9-5-6-9/h2-4,9,14H,5-7H2,1H3,(H,15,16). The number of carbonyl (C=O) groups is 1. The van der Waals surface area contributed by atoms with Gasteiger partial charge in [-0.2, -0.15) is 0 Å². The van der Waals surface area contributed by atoms with Gasteiger partial charge < -0.3 is 10.6 Å². The summed E-state index contributed by atoms with van der Waals surface area (Å²) in [5.74, 6) is -0.423. The zero-order valence-corrected chi connectivity index (χ0v) is 9.22. The Hall–Kier alpha value is -1.42.